The average Bonchev–Trinajstić information content (AvgIpc) is 3.03. The van der Waals surface area contributed by atoms with Crippen LogP contribution in [0.4, 0.5) is 0 Å². The van der Waals surface area contributed by atoms with Gasteiger partial charge in [-0.2, -0.15) is 0 Å². The van der Waals surface area contributed by atoms with Crippen molar-refractivity contribution in [3.8, 4) is 11.5 Å². The summed E-state index contributed by atoms with van der Waals surface area (Å²) in [6, 6.07) is 7.93. The average molecular weight is 326 g/mol. The molecular weight excluding hydrogens is 304 g/mol. The molecule has 2 aromatic heterocycles. The molecular formula is C18H22N4O2. The van der Waals surface area contributed by atoms with Crippen molar-refractivity contribution >= 4 is 11.0 Å². The Hall–Kier alpha value is -2.60. The Labute approximate surface area is 141 Å². The number of aryl methyl sites for hydroxylation is 1. The van der Waals surface area contributed by atoms with Crippen molar-refractivity contribution in [1.29, 1.82) is 0 Å². The first-order chi connectivity index (χ1) is 11.8. The predicted molar refractivity (Wildman–Crippen MR) is 93.4 cm³/mol. The maximum absolute atomic E-state index is 5.38. The lowest BCUT2D eigenvalue weighted by molar-refractivity contribution is 0.355. The van der Waals surface area contributed by atoms with E-state index in [1.807, 2.05) is 43.0 Å². The maximum atomic E-state index is 5.38. The van der Waals surface area contributed by atoms with E-state index in [1.165, 1.54) is 5.56 Å². The molecule has 3 aromatic rings. The van der Waals surface area contributed by atoms with Crippen molar-refractivity contribution in [2.75, 3.05) is 20.8 Å². The smallest absolute Gasteiger partial charge is 0.163 e. The number of hydrogen-bond donors (Lipinski definition) is 1. The van der Waals surface area contributed by atoms with Crippen LogP contribution >= 0.6 is 0 Å². The molecule has 1 aromatic carbocycles. The van der Waals surface area contributed by atoms with Crippen LogP contribution in [0, 0.1) is 0 Å². The van der Waals surface area contributed by atoms with Gasteiger partial charge in [-0.25, -0.2) is 4.98 Å². The highest BCUT2D eigenvalue weighted by Gasteiger charge is 2.10. The van der Waals surface area contributed by atoms with Crippen LogP contribution in [-0.2, 0) is 13.1 Å². The van der Waals surface area contributed by atoms with Crippen LogP contribution in [0.1, 0.15) is 12.0 Å². The highest BCUT2D eigenvalue weighted by atomic mass is 16.5. The van der Waals surface area contributed by atoms with Gasteiger partial charge in [-0.1, -0.05) is 0 Å². The summed E-state index contributed by atoms with van der Waals surface area (Å²) in [4.78, 5) is 8.47. The number of nitrogens with zero attached hydrogens (tertiary/aromatic N) is 3. The molecule has 0 spiro atoms. The van der Waals surface area contributed by atoms with Gasteiger partial charge < -0.3 is 19.4 Å². The van der Waals surface area contributed by atoms with E-state index in [2.05, 4.69) is 19.9 Å². The van der Waals surface area contributed by atoms with Gasteiger partial charge in [0.05, 0.1) is 31.6 Å². The second kappa shape index (κ2) is 7.79. The Morgan fingerprint density at radius 3 is 2.58 bits per heavy atom. The van der Waals surface area contributed by atoms with Crippen LogP contribution in [0.5, 0.6) is 11.5 Å². The van der Waals surface area contributed by atoms with E-state index in [0.29, 0.717) is 5.75 Å². The third kappa shape index (κ3) is 3.65. The number of benzene rings is 1. The zero-order chi connectivity index (χ0) is 16.8. The van der Waals surface area contributed by atoms with Crippen molar-refractivity contribution < 1.29 is 9.47 Å². The van der Waals surface area contributed by atoms with Crippen LogP contribution in [0.25, 0.3) is 11.0 Å². The fourth-order valence-corrected chi connectivity index (χ4v) is 2.67. The van der Waals surface area contributed by atoms with Crippen LogP contribution in [-0.4, -0.2) is 35.3 Å². The summed E-state index contributed by atoms with van der Waals surface area (Å²) in [7, 11) is 3.28. The number of rotatable bonds is 8. The molecule has 2 heterocycles. The number of aromatic nitrogens is 3. The van der Waals surface area contributed by atoms with Gasteiger partial charge in [0, 0.05) is 37.6 Å². The summed E-state index contributed by atoms with van der Waals surface area (Å²) in [5.41, 5.74) is 3.22. The van der Waals surface area contributed by atoms with Crippen molar-refractivity contribution in [3.63, 3.8) is 0 Å². The van der Waals surface area contributed by atoms with Gasteiger partial charge in [0.15, 0.2) is 11.5 Å². The van der Waals surface area contributed by atoms with E-state index >= 15 is 0 Å². The van der Waals surface area contributed by atoms with E-state index in [0.717, 1.165) is 42.8 Å². The molecule has 0 bridgehead atoms. The SMILES string of the molecule is COc1cc2ncn(CCCNCc3ccncc3)c2cc1OC. The van der Waals surface area contributed by atoms with Gasteiger partial charge in [-0.3, -0.25) is 4.98 Å². The summed E-state index contributed by atoms with van der Waals surface area (Å²) in [5.74, 6) is 1.43. The number of pyridine rings is 1. The molecule has 0 fully saturated rings. The maximum Gasteiger partial charge on any atom is 0.163 e. The largest absolute Gasteiger partial charge is 0.493 e. The molecule has 0 aliphatic heterocycles. The monoisotopic (exact) mass is 326 g/mol. The van der Waals surface area contributed by atoms with Crippen LogP contribution in [0.15, 0.2) is 43.0 Å². The summed E-state index contributed by atoms with van der Waals surface area (Å²) in [5, 5.41) is 3.45. The zero-order valence-electron chi connectivity index (χ0n) is 14.0. The molecule has 6 nitrogen and oxygen atoms in total. The minimum absolute atomic E-state index is 0.703. The third-order valence-corrected chi connectivity index (χ3v) is 3.96. The molecule has 0 aliphatic rings. The standard InChI is InChI=1S/C18H22N4O2/c1-23-17-10-15-16(11-18(17)24-2)22(13-21-15)9-3-6-20-12-14-4-7-19-8-5-14/h4-5,7-8,10-11,13,20H,3,6,9,12H2,1-2H3. The Kier molecular flexibility index (Phi) is 5.28. The quantitative estimate of drug-likeness (QED) is 0.645. The lowest BCUT2D eigenvalue weighted by Gasteiger charge is -2.09. The summed E-state index contributed by atoms with van der Waals surface area (Å²) in [6.07, 6.45) is 6.52. The van der Waals surface area contributed by atoms with E-state index in [4.69, 9.17) is 9.47 Å². The normalized spacial score (nSPS) is 10.9. The van der Waals surface area contributed by atoms with Gasteiger partial charge in [0.25, 0.3) is 0 Å². The number of methoxy groups -OCH3 is 2. The number of imidazole rings is 1. The van der Waals surface area contributed by atoms with Crippen molar-refractivity contribution in [2.24, 2.45) is 0 Å². The topological polar surface area (TPSA) is 61.2 Å². The summed E-state index contributed by atoms with van der Waals surface area (Å²) < 4.78 is 12.8. The molecule has 0 aliphatic carbocycles. The molecule has 0 amide bonds. The van der Waals surface area contributed by atoms with Crippen LogP contribution in [0.3, 0.4) is 0 Å². The van der Waals surface area contributed by atoms with Crippen molar-refractivity contribution in [1.82, 2.24) is 19.9 Å². The van der Waals surface area contributed by atoms with Gasteiger partial charge >= 0.3 is 0 Å². The molecule has 0 saturated heterocycles. The van der Waals surface area contributed by atoms with Gasteiger partial charge in [0.1, 0.15) is 0 Å². The Morgan fingerprint density at radius 1 is 1.08 bits per heavy atom. The fourth-order valence-electron chi connectivity index (χ4n) is 2.67. The summed E-state index contributed by atoms with van der Waals surface area (Å²) in [6.45, 7) is 2.70. The number of ether oxygens (including phenoxy) is 2. The number of hydrogen-bond acceptors (Lipinski definition) is 5. The molecule has 1 N–H and O–H groups in total. The Bertz CT molecular complexity index is 786. The zero-order valence-corrected chi connectivity index (χ0v) is 14.0. The highest BCUT2D eigenvalue weighted by molar-refractivity contribution is 5.80. The van der Waals surface area contributed by atoms with E-state index < -0.39 is 0 Å². The Morgan fingerprint density at radius 2 is 1.83 bits per heavy atom. The minimum atomic E-state index is 0.703. The lowest BCUT2D eigenvalue weighted by atomic mass is 10.2. The Balaban J connectivity index is 1.57. The van der Waals surface area contributed by atoms with E-state index in [9.17, 15) is 0 Å². The molecule has 3 rings (SSSR count). The van der Waals surface area contributed by atoms with Crippen LogP contribution in [0.2, 0.25) is 0 Å². The van der Waals surface area contributed by atoms with Crippen molar-refractivity contribution in [2.45, 2.75) is 19.5 Å². The third-order valence-electron chi connectivity index (χ3n) is 3.96. The van der Waals surface area contributed by atoms with Crippen LogP contribution < -0.4 is 14.8 Å². The van der Waals surface area contributed by atoms with Gasteiger partial charge in [-0.05, 0) is 30.7 Å². The highest BCUT2D eigenvalue weighted by Crippen LogP contribution is 2.31. The van der Waals surface area contributed by atoms with Crippen molar-refractivity contribution in [3.05, 3.63) is 48.5 Å². The first-order valence-corrected chi connectivity index (χ1v) is 7.98. The lowest BCUT2D eigenvalue weighted by Crippen LogP contribution is -2.16. The summed E-state index contributed by atoms with van der Waals surface area (Å²) >= 11 is 0. The first-order valence-electron chi connectivity index (χ1n) is 7.98. The molecule has 0 saturated carbocycles. The molecule has 0 radical (unpaired) electrons. The second-order valence-corrected chi connectivity index (χ2v) is 5.52. The predicted octanol–water partition coefficient (Wildman–Crippen LogP) is 2.63. The van der Waals surface area contributed by atoms with Gasteiger partial charge in [-0.15, -0.1) is 0 Å². The second-order valence-electron chi connectivity index (χ2n) is 5.52. The van der Waals surface area contributed by atoms with Gasteiger partial charge in [0.2, 0.25) is 0 Å². The molecule has 0 unspecified atom stereocenters. The minimum Gasteiger partial charge on any atom is -0.493 e. The molecule has 0 atom stereocenters. The number of fused-ring (bicyclic) bond motifs is 1. The first kappa shape index (κ1) is 16.3. The molecule has 24 heavy (non-hydrogen) atoms. The fraction of sp³-hybridized carbons (Fsp3) is 0.333. The van der Waals surface area contributed by atoms with E-state index in [1.54, 1.807) is 14.2 Å². The molecule has 126 valence electrons. The number of nitrogens with one attached hydrogen (secondary N) is 1. The van der Waals surface area contributed by atoms with E-state index in [-0.39, 0.29) is 0 Å². The molecule has 6 heteroatoms.